The van der Waals surface area contributed by atoms with Crippen LogP contribution in [0.25, 0.3) is 0 Å². The second-order valence-electron chi connectivity index (χ2n) is 6.36. The molecular weight excluding hydrogens is 358 g/mol. The van der Waals surface area contributed by atoms with E-state index in [-0.39, 0.29) is 12.5 Å². The van der Waals surface area contributed by atoms with Gasteiger partial charge in [-0.2, -0.15) is 4.31 Å². The van der Waals surface area contributed by atoms with Gasteiger partial charge in [0.25, 0.3) is 0 Å². The Morgan fingerprint density at radius 2 is 2.12 bits per heavy atom. The topological polar surface area (TPSA) is 94.8 Å². The van der Waals surface area contributed by atoms with Crippen molar-refractivity contribution in [1.82, 2.24) is 14.5 Å². The minimum atomic E-state index is -3.27. The van der Waals surface area contributed by atoms with Crippen LogP contribution in [-0.4, -0.2) is 56.0 Å². The third-order valence-electron chi connectivity index (χ3n) is 4.41. The molecule has 2 aromatic rings. The summed E-state index contributed by atoms with van der Waals surface area (Å²) >= 11 is 0. The summed E-state index contributed by atoms with van der Waals surface area (Å²) in [7, 11) is -1.63. The molecule has 0 radical (unpaired) electrons. The van der Waals surface area contributed by atoms with E-state index in [9.17, 15) is 8.42 Å². The summed E-state index contributed by atoms with van der Waals surface area (Å²) in [5.74, 6) is 1.73. The molecule has 142 valence electrons. The molecule has 2 atom stereocenters. The Labute approximate surface area is 153 Å². The highest BCUT2D eigenvalue weighted by atomic mass is 32.2. The van der Waals surface area contributed by atoms with E-state index in [1.165, 1.54) is 10.6 Å². The van der Waals surface area contributed by atoms with E-state index >= 15 is 0 Å². The normalized spacial score (nSPS) is 20.0. The molecule has 1 aliphatic heterocycles. The zero-order chi connectivity index (χ0) is 18.7. The summed E-state index contributed by atoms with van der Waals surface area (Å²) in [5, 5.41) is 8.15. The monoisotopic (exact) mass is 381 g/mol. The maximum Gasteiger partial charge on any atom is 0.246 e. The van der Waals surface area contributed by atoms with Crippen molar-refractivity contribution in [2.75, 3.05) is 33.1 Å². The second kappa shape index (κ2) is 7.73. The molecule has 1 aliphatic rings. The molecule has 1 saturated heterocycles. The minimum Gasteiger partial charge on any atom is -0.496 e. The molecular formula is C17H23N3O5S. The van der Waals surface area contributed by atoms with Gasteiger partial charge >= 0.3 is 0 Å². The Kier molecular flexibility index (Phi) is 5.59. The number of methoxy groups -OCH3 is 1. The lowest BCUT2D eigenvalue weighted by molar-refractivity contribution is -0.0176. The van der Waals surface area contributed by atoms with Crippen LogP contribution >= 0.6 is 0 Å². The van der Waals surface area contributed by atoms with E-state index < -0.39 is 16.1 Å². The van der Waals surface area contributed by atoms with Gasteiger partial charge in [0.2, 0.25) is 21.8 Å². The highest BCUT2D eigenvalue weighted by Gasteiger charge is 2.31. The lowest BCUT2D eigenvalue weighted by Crippen LogP contribution is -2.41. The van der Waals surface area contributed by atoms with Crippen LogP contribution in [0.3, 0.4) is 0 Å². The Balaban J connectivity index is 1.70. The maximum absolute atomic E-state index is 11.7. The van der Waals surface area contributed by atoms with E-state index in [2.05, 4.69) is 17.1 Å². The zero-order valence-corrected chi connectivity index (χ0v) is 15.9. The highest BCUT2D eigenvalue weighted by Crippen LogP contribution is 2.29. The van der Waals surface area contributed by atoms with E-state index in [4.69, 9.17) is 13.9 Å². The number of ether oxygens (including phenoxy) is 2. The fourth-order valence-electron chi connectivity index (χ4n) is 3.00. The van der Waals surface area contributed by atoms with Gasteiger partial charge in [0.15, 0.2) is 0 Å². The van der Waals surface area contributed by atoms with Crippen LogP contribution < -0.4 is 4.74 Å². The minimum absolute atomic E-state index is 0.124. The number of sulfonamides is 1. The molecule has 3 rings (SSSR count). The third-order valence-corrected chi connectivity index (χ3v) is 5.68. The van der Waals surface area contributed by atoms with Crippen LogP contribution in [0.2, 0.25) is 0 Å². The van der Waals surface area contributed by atoms with Gasteiger partial charge in [0.05, 0.1) is 20.0 Å². The molecule has 1 aromatic carbocycles. The van der Waals surface area contributed by atoms with Crippen LogP contribution in [0.1, 0.15) is 36.3 Å². The standard InChI is InChI=1S/C17H23N3O5S/c1-12(13-6-4-5-7-14(13)23-2)10-16-18-19-17(25-16)15-11-20(8-9-24-15)26(3,21)22/h4-7,12,15H,8-11H2,1-3H3/t12-,15+/m0/s1. The van der Waals surface area contributed by atoms with Crippen molar-refractivity contribution >= 4 is 10.0 Å². The molecule has 1 aromatic heterocycles. The average molecular weight is 381 g/mol. The van der Waals surface area contributed by atoms with Crippen LogP contribution in [-0.2, 0) is 21.2 Å². The molecule has 0 spiro atoms. The van der Waals surface area contributed by atoms with Gasteiger partial charge in [-0.1, -0.05) is 25.1 Å². The van der Waals surface area contributed by atoms with Crippen molar-refractivity contribution in [3.05, 3.63) is 41.6 Å². The summed E-state index contributed by atoms with van der Waals surface area (Å²) < 4.78 is 41.6. The number of nitrogens with zero attached hydrogens (tertiary/aromatic N) is 3. The molecule has 0 N–H and O–H groups in total. The summed E-state index contributed by atoms with van der Waals surface area (Å²) in [4.78, 5) is 0. The largest absolute Gasteiger partial charge is 0.496 e. The molecule has 9 heteroatoms. The molecule has 0 aliphatic carbocycles. The highest BCUT2D eigenvalue weighted by molar-refractivity contribution is 7.88. The number of hydrogen-bond donors (Lipinski definition) is 0. The summed E-state index contributed by atoms with van der Waals surface area (Å²) in [6, 6.07) is 7.81. The SMILES string of the molecule is COc1ccccc1[C@@H](C)Cc1nnc([C@H]2CN(S(C)(=O)=O)CCO2)o1. The summed E-state index contributed by atoms with van der Waals surface area (Å²) in [5.41, 5.74) is 1.06. The fourth-order valence-corrected chi connectivity index (χ4v) is 3.81. The molecule has 0 amide bonds. The molecule has 26 heavy (non-hydrogen) atoms. The van der Waals surface area contributed by atoms with Crippen molar-refractivity contribution in [1.29, 1.82) is 0 Å². The zero-order valence-electron chi connectivity index (χ0n) is 15.1. The summed E-state index contributed by atoms with van der Waals surface area (Å²) in [6.07, 6.45) is 1.20. The van der Waals surface area contributed by atoms with Crippen molar-refractivity contribution in [2.24, 2.45) is 0 Å². The van der Waals surface area contributed by atoms with Crippen molar-refractivity contribution in [3.8, 4) is 5.75 Å². The third kappa shape index (κ3) is 4.22. The lowest BCUT2D eigenvalue weighted by Gasteiger charge is -2.29. The van der Waals surface area contributed by atoms with E-state index in [1.54, 1.807) is 7.11 Å². The van der Waals surface area contributed by atoms with Gasteiger partial charge in [0.1, 0.15) is 11.9 Å². The number of benzene rings is 1. The predicted molar refractivity (Wildman–Crippen MR) is 94.5 cm³/mol. The van der Waals surface area contributed by atoms with Crippen molar-refractivity contribution < 1.29 is 22.3 Å². The van der Waals surface area contributed by atoms with Gasteiger partial charge in [-0.05, 0) is 17.5 Å². The second-order valence-corrected chi connectivity index (χ2v) is 8.34. The maximum atomic E-state index is 11.7. The predicted octanol–water partition coefficient (Wildman–Crippen LogP) is 1.76. The number of aromatic nitrogens is 2. The molecule has 0 bridgehead atoms. The van der Waals surface area contributed by atoms with Crippen molar-refractivity contribution in [3.63, 3.8) is 0 Å². The van der Waals surface area contributed by atoms with Gasteiger partial charge in [-0.25, -0.2) is 8.42 Å². The number of hydrogen-bond acceptors (Lipinski definition) is 7. The molecule has 0 unspecified atom stereocenters. The molecule has 2 heterocycles. The van der Waals surface area contributed by atoms with Gasteiger partial charge < -0.3 is 13.9 Å². The van der Waals surface area contributed by atoms with Crippen LogP contribution in [0.15, 0.2) is 28.7 Å². The van der Waals surface area contributed by atoms with Crippen LogP contribution in [0.4, 0.5) is 0 Å². The first-order chi connectivity index (χ1) is 12.4. The lowest BCUT2D eigenvalue weighted by atomic mass is 9.97. The number of para-hydroxylation sites is 1. The van der Waals surface area contributed by atoms with Gasteiger partial charge in [-0.3, -0.25) is 0 Å². The smallest absolute Gasteiger partial charge is 0.246 e. The Morgan fingerprint density at radius 1 is 1.35 bits per heavy atom. The molecule has 0 saturated carbocycles. The van der Waals surface area contributed by atoms with Crippen molar-refractivity contribution in [2.45, 2.75) is 25.4 Å². The number of morpholine rings is 1. The van der Waals surface area contributed by atoms with E-state index in [1.807, 2.05) is 24.3 Å². The fraction of sp³-hybridized carbons (Fsp3) is 0.529. The van der Waals surface area contributed by atoms with E-state index in [0.717, 1.165) is 11.3 Å². The van der Waals surface area contributed by atoms with Gasteiger partial charge in [0, 0.05) is 19.5 Å². The first-order valence-electron chi connectivity index (χ1n) is 8.40. The van der Waals surface area contributed by atoms with Crippen LogP contribution in [0.5, 0.6) is 5.75 Å². The quantitative estimate of drug-likeness (QED) is 0.752. The molecule has 8 nitrogen and oxygen atoms in total. The Bertz CT molecular complexity index is 852. The Morgan fingerprint density at radius 3 is 2.85 bits per heavy atom. The molecule has 1 fully saturated rings. The first-order valence-corrected chi connectivity index (χ1v) is 10.2. The van der Waals surface area contributed by atoms with Crippen LogP contribution in [0, 0.1) is 0 Å². The van der Waals surface area contributed by atoms with Gasteiger partial charge in [-0.15, -0.1) is 10.2 Å². The summed E-state index contributed by atoms with van der Waals surface area (Å²) in [6.45, 7) is 2.88. The number of rotatable bonds is 6. The first kappa shape index (κ1) is 18.8. The Hall–Kier alpha value is -1.97. The van der Waals surface area contributed by atoms with E-state index in [0.29, 0.717) is 31.4 Å². The average Bonchev–Trinajstić information content (AvgIpc) is 3.09.